The van der Waals surface area contributed by atoms with Crippen LogP contribution in [-0.4, -0.2) is 15.9 Å². The SMILES string of the molecule is Cc1cc(NC(=O)/C=C/c2ccncc2)c2cc(Br)ccc2n1. The van der Waals surface area contributed by atoms with E-state index in [1.165, 1.54) is 6.08 Å². The van der Waals surface area contributed by atoms with E-state index in [2.05, 4.69) is 31.2 Å². The number of nitrogens with one attached hydrogen (secondary N) is 1. The Hall–Kier alpha value is -2.53. The lowest BCUT2D eigenvalue weighted by Gasteiger charge is -2.08. The Morgan fingerprint density at radius 1 is 1.17 bits per heavy atom. The minimum absolute atomic E-state index is 0.186. The minimum atomic E-state index is -0.186. The summed E-state index contributed by atoms with van der Waals surface area (Å²) >= 11 is 3.45. The van der Waals surface area contributed by atoms with Crippen molar-refractivity contribution in [3.63, 3.8) is 0 Å². The van der Waals surface area contributed by atoms with Crippen molar-refractivity contribution < 1.29 is 4.79 Å². The van der Waals surface area contributed by atoms with Crippen molar-refractivity contribution in [1.29, 1.82) is 0 Å². The number of carbonyl (C=O) groups excluding carboxylic acids is 1. The monoisotopic (exact) mass is 367 g/mol. The topological polar surface area (TPSA) is 54.9 Å². The van der Waals surface area contributed by atoms with Crippen LogP contribution in [0.5, 0.6) is 0 Å². The van der Waals surface area contributed by atoms with Crippen molar-refractivity contribution in [3.8, 4) is 0 Å². The fraction of sp³-hybridized carbons (Fsp3) is 0.0556. The number of aryl methyl sites for hydroxylation is 1. The highest BCUT2D eigenvalue weighted by atomic mass is 79.9. The van der Waals surface area contributed by atoms with E-state index in [0.29, 0.717) is 0 Å². The van der Waals surface area contributed by atoms with E-state index in [1.54, 1.807) is 18.5 Å². The summed E-state index contributed by atoms with van der Waals surface area (Å²) in [4.78, 5) is 20.6. The van der Waals surface area contributed by atoms with Gasteiger partial charge >= 0.3 is 0 Å². The predicted octanol–water partition coefficient (Wildman–Crippen LogP) is 4.35. The maximum Gasteiger partial charge on any atom is 0.248 e. The zero-order chi connectivity index (χ0) is 16.2. The Balaban J connectivity index is 1.87. The summed E-state index contributed by atoms with van der Waals surface area (Å²) in [5.74, 6) is -0.186. The van der Waals surface area contributed by atoms with Crippen LogP contribution >= 0.6 is 15.9 Å². The molecule has 3 rings (SSSR count). The van der Waals surface area contributed by atoms with E-state index in [0.717, 1.165) is 32.3 Å². The van der Waals surface area contributed by atoms with Crippen molar-refractivity contribution in [3.05, 3.63) is 70.6 Å². The second kappa shape index (κ2) is 6.71. The number of nitrogens with zero attached hydrogens (tertiary/aromatic N) is 2. The standard InChI is InChI=1S/C18H14BrN3O/c1-12-10-17(15-11-14(19)3-4-16(15)21-12)22-18(23)5-2-13-6-8-20-9-7-13/h2-11H,1H3,(H,21,22,23)/b5-2+. The Labute approximate surface area is 142 Å². The average molecular weight is 368 g/mol. The molecule has 0 saturated carbocycles. The van der Waals surface area contributed by atoms with Gasteiger partial charge in [-0.05, 0) is 55.0 Å². The van der Waals surface area contributed by atoms with E-state index in [4.69, 9.17) is 0 Å². The lowest BCUT2D eigenvalue weighted by atomic mass is 10.1. The Morgan fingerprint density at radius 3 is 2.74 bits per heavy atom. The highest BCUT2D eigenvalue weighted by Gasteiger charge is 2.07. The number of hydrogen-bond acceptors (Lipinski definition) is 3. The fourth-order valence-electron chi connectivity index (χ4n) is 2.25. The minimum Gasteiger partial charge on any atom is -0.322 e. The van der Waals surface area contributed by atoms with Gasteiger partial charge in [0.2, 0.25) is 5.91 Å². The lowest BCUT2D eigenvalue weighted by molar-refractivity contribution is -0.111. The number of anilines is 1. The first kappa shape index (κ1) is 15.4. The molecule has 0 radical (unpaired) electrons. The molecule has 0 fully saturated rings. The Bertz CT molecular complexity index is 891. The maximum atomic E-state index is 12.2. The van der Waals surface area contributed by atoms with E-state index in [-0.39, 0.29) is 5.91 Å². The molecule has 0 aliphatic heterocycles. The van der Waals surface area contributed by atoms with Crippen molar-refractivity contribution in [2.45, 2.75) is 6.92 Å². The Morgan fingerprint density at radius 2 is 1.96 bits per heavy atom. The van der Waals surface area contributed by atoms with Crippen LogP contribution in [0.1, 0.15) is 11.3 Å². The largest absolute Gasteiger partial charge is 0.322 e. The van der Waals surface area contributed by atoms with Crippen molar-refractivity contribution in [2.24, 2.45) is 0 Å². The summed E-state index contributed by atoms with van der Waals surface area (Å²) in [5.41, 5.74) is 3.38. The van der Waals surface area contributed by atoms with E-state index in [9.17, 15) is 4.79 Å². The van der Waals surface area contributed by atoms with Crippen molar-refractivity contribution in [1.82, 2.24) is 9.97 Å². The molecule has 0 atom stereocenters. The molecule has 0 spiro atoms. The number of carbonyl (C=O) groups is 1. The lowest BCUT2D eigenvalue weighted by Crippen LogP contribution is -2.08. The van der Waals surface area contributed by atoms with Gasteiger partial charge in [-0.15, -0.1) is 0 Å². The third-order valence-corrected chi connectivity index (χ3v) is 3.78. The molecule has 1 aromatic carbocycles. The smallest absolute Gasteiger partial charge is 0.248 e. The molecular weight excluding hydrogens is 354 g/mol. The number of aromatic nitrogens is 2. The van der Waals surface area contributed by atoms with Crippen LogP contribution in [0.2, 0.25) is 0 Å². The summed E-state index contributed by atoms with van der Waals surface area (Å²) in [6.45, 7) is 1.91. The van der Waals surface area contributed by atoms with Gasteiger partial charge in [0.25, 0.3) is 0 Å². The summed E-state index contributed by atoms with van der Waals surface area (Å²) in [7, 11) is 0. The zero-order valence-electron chi connectivity index (χ0n) is 12.5. The number of benzene rings is 1. The number of halogens is 1. The second-order valence-electron chi connectivity index (χ2n) is 5.08. The number of amides is 1. The van der Waals surface area contributed by atoms with Gasteiger partial charge in [-0.1, -0.05) is 15.9 Å². The van der Waals surface area contributed by atoms with E-state index >= 15 is 0 Å². The molecule has 0 aliphatic carbocycles. The molecule has 2 heterocycles. The molecule has 23 heavy (non-hydrogen) atoms. The maximum absolute atomic E-state index is 12.2. The molecule has 3 aromatic rings. The van der Waals surface area contributed by atoms with Crippen LogP contribution in [0, 0.1) is 6.92 Å². The van der Waals surface area contributed by atoms with Crippen LogP contribution in [0.4, 0.5) is 5.69 Å². The first-order chi connectivity index (χ1) is 11.1. The molecule has 1 N–H and O–H groups in total. The number of pyridine rings is 2. The molecule has 0 aliphatic rings. The summed E-state index contributed by atoms with van der Waals surface area (Å²) in [5, 5.41) is 3.82. The third-order valence-electron chi connectivity index (χ3n) is 3.29. The van der Waals surface area contributed by atoms with Crippen LogP contribution < -0.4 is 5.32 Å². The van der Waals surface area contributed by atoms with Crippen LogP contribution in [0.3, 0.4) is 0 Å². The van der Waals surface area contributed by atoms with Gasteiger partial charge in [-0.3, -0.25) is 14.8 Å². The molecule has 114 valence electrons. The van der Waals surface area contributed by atoms with Gasteiger partial charge < -0.3 is 5.32 Å². The predicted molar refractivity (Wildman–Crippen MR) is 96.1 cm³/mol. The third kappa shape index (κ3) is 3.81. The van der Waals surface area contributed by atoms with Crippen molar-refractivity contribution in [2.75, 3.05) is 5.32 Å². The molecule has 1 amide bonds. The van der Waals surface area contributed by atoms with E-state index in [1.807, 2.05) is 43.3 Å². The number of hydrogen-bond donors (Lipinski definition) is 1. The molecule has 5 heteroatoms. The van der Waals surface area contributed by atoms with Gasteiger partial charge in [0.1, 0.15) is 0 Å². The van der Waals surface area contributed by atoms with Gasteiger partial charge in [0.05, 0.1) is 11.2 Å². The first-order valence-corrected chi connectivity index (χ1v) is 7.87. The second-order valence-corrected chi connectivity index (χ2v) is 5.99. The quantitative estimate of drug-likeness (QED) is 0.700. The number of rotatable bonds is 3. The summed E-state index contributed by atoms with van der Waals surface area (Å²) < 4.78 is 0.943. The molecule has 0 unspecified atom stereocenters. The summed E-state index contributed by atoms with van der Waals surface area (Å²) in [6, 6.07) is 11.4. The first-order valence-electron chi connectivity index (χ1n) is 7.08. The Kier molecular flexibility index (Phi) is 4.48. The fourth-order valence-corrected chi connectivity index (χ4v) is 2.62. The number of fused-ring (bicyclic) bond motifs is 1. The van der Waals surface area contributed by atoms with Crippen LogP contribution in [0.25, 0.3) is 17.0 Å². The van der Waals surface area contributed by atoms with E-state index < -0.39 is 0 Å². The highest BCUT2D eigenvalue weighted by Crippen LogP contribution is 2.26. The average Bonchev–Trinajstić information content (AvgIpc) is 2.54. The van der Waals surface area contributed by atoms with Gasteiger partial charge in [0.15, 0.2) is 0 Å². The molecule has 4 nitrogen and oxygen atoms in total. The molecule has 2 aromatic heterocycles. The van der Waals surface area contributed by atoms with Crippen LogP contribution in [-0.2, 0) is 4.79 Å². The van der Waals surface area contributed by atoms with Gasteiger partial charge in [-0.2, -0.15) is 0 Å². The normalized spacial score (nSPS) is 11.0. The van der Waals surface area contributed by atoms with Gasteiger partial charge in [-0.25, -0.2) is 0 Å². The molecule has 0 saturated heterocycles. The molecular formula is C18H14BrN3O. The highest BCUT2D eigenvalue weighted by molar-refractivity contribution is 9.10. The zero-order valence-corrected chi connectivity index (χ0v) is 14.0. The van der Waals surface area contributed by atoms with Crippen molar-refractivity contribution >= 4 is 44.5 Å². The summed E-state index contributed by atoms with van der Waals surface area (Å²) in [6.07, 6.45) is 6.64. The van der Waals surface area contributed by atoms with Crippen LogP contribution in [0.15, 0.2) is 59.3 Å². The molecule has 0 bridgehead atoms. The van der Waals surface area contributed by atoms with Gasteiger partial charge in [0, 0.05) is 34.0 Å².